The van der Waals surface area contributed by atoms with Crippen molar-refractivity contribution in [1.82, 2.24) is 0 Å². The van der Waals surface area contributed by atoms with Crippen LogP contribution < -0.4 is 0 Å². The van der Waals surface area contributed by atoms with Crippen molar-refractivity contribution in [2.45, 2.75) is 91.1 Å². The fraction of sp³-hybridized carbons (Fsp3) is 0.700. The summed E-state index contributed by atoms with van der Waals surface area (Å²) >= 11 is 0. The van der Waals surface area contributed by atoms with Crippen molar-refractivity contribution in [3.63, 3.8) is 0 Å². The molecular weight excluding hydrogens is 430 g/mol. The van der Waals surface area contributed by atoms with Crippen LogP contribution in [0.2, 0.25) is 6.04 Å². The van der Waals surface area contributed by atoms with E-state index in [9.17, 15) is 26.3 Å². The zero-order valence-corrected chi connectivity index (χ0v) is 19.1. The van der Waals surface area contributed by atoms with Crippen molar-refractivity contribution in [3.8, 4) is 0 Å². The lowest BCUT2D eigenvalue weighted by molar-refractivity contribution is -0.143. The van der Waals surface area contributed by atoms with E-state index in [0.717, 1.165) is 12.1 Å². The number of alkyl halides is 6. The van der Waals surface area contributed by atoms with Gasteiger partial charge in [0.2, 0.25) is 0 Å². The predicted molar refractivity (Wildman–Crippen MR) is 104 cm³/mol. The zero-order valence-electron chi connectivity index (χ0n) is 18.1. The Morgan fingerprint density at radius 1 is 0.700 bits per heavy atom. The first-order valence-electron chi connectivity index (χ1n) is 9.86. The molecule has 0 unspecified atom stereocenters. The quantitative estimate of drug-likeness (QED) is 0.282. The third kappa shape index (κ3) is 8.95. The summed E-state index contributed by atoms with van der Waals surface area (Å²) in [6, 6.07) is 1.93. The van der Waals surface area contributed by atoms with Gasteiger partial charge in [0.1, 0.15) is 0 Å². The van der Waals surface area contributed by atoms with Gasteiger partial charge in [0, 0.05) is 24.4 Å². The molecule has 0 aliphatic carbocycles. The first kappa shape index (κ1) is 26.9. The molecule has 0 fully saturated rings. The molecule has 0 atom stereocenters. The lowest BCUT2D eigenvalue weighted by atomic mass is 10.0. The second kappa shape index (κ2) is 10.5. The largest absolute Gasteiger partial charge is 0.501 e. The molecule has 0 aliphatic heterocycles. The fourth-order valence-electron chi connectivity index (χ4n) is 3.01. The molecule has 0 spiro atoms. The lowest BCUT2D eigenvalue weighted by Crippen LogP contribution is -2.50. The summed E-state index contributed by atoms with van der Waals surface area (Å²) in [5.41, 5.74) is -2.67. The minimum Gasteiger partial charge on any atom is -0.371 e. The smallest absolute Gasteiger partial charge is 0.371 e. The Bertz CT molecular complexity index is 613. The fourth-order valence-corrected chi connectivity index (χ4v) is 6.29. The number of hydrogen-bond acceptors (Lipinski definition) is 3. The maximum Gasteiger partial charge on any atom is 0.501 e. The van der Waals surface area contributed by atoms with Crippen molar-refractivity contribution in [2.75, 3.05) is 0 Å². The Hall–Kier alpha value is -1.10. The molecule has 1 aromatic rings. The van der Waals surface area contributed by atoms with Crippen molar-refractivity contribution in [1.29, 1.82) is 0 Å². The van der Waals surface area contributed by atoms with E-state index in [2.05, 4.69) is 0 Å². The maximum absolute atomic E-state index is 13.1. The molecule has 0 N–H and O–H groups in total. The molecular formula is C20H30F6O3Si. The number of halogens is 6. The van der Waals surface area contributed by atoms with Crippen LogP contribution in [0.5, 0.6) is 0 Å². The normalized spacial score (nSPS) is 13.7. The maximum atomic E-state index is 13.1. The van der Waals surface area contributed by atoms with E-state index in [1.165, 1.54) is 0 Å². The molecule has 0 aromatic heterocycles. The average molecular weight is 461 g/mol. The van der Waals surface area contributed by atoms with E-state index in [1.54, 1.807) is 0 Å². The van der Waals surface area contributed by atoms with Gasteiger partial charge in [-0.3, -0.25) is 0 Å². The third-order valence-corrected chi connectivity index (χ3v) is 7.30. The molecule has 3 nitrogen and oxygen atoms in total. The second-order valence-electron chi connectivity index (χ2n) is 7.95. The molecule has 10 heteroatoms. The Balaban J connectivity index is 3.11. The third-order valence-electron chi connectivity index (χ3n) is 3.84. The van der Waals surface area contributed by atoms with Gasteiger partial charge in [-0.25, -0.2) is 0 Å². The van der Waals surface area contributed by atoms with Crippen molar-refractivity contribution >= 4 is 8.80 Å². The summed E-state index contributed by atoms with van der Waals surface area (Å²) in [4.78, 5) is 0. The summed E-state index contributed by atoms with van der Waals surface area (Å²) in [5.74, 6) is 0. The van der Waals surface area contributed by atoms with Gasteiger partial charge in [0.15, 0.2) is 0 Å². The second-order valence-corrected chi connectivity index (χ2v) is 10.5. The average Bonchev–Trinajstić information content (AvgIpc) is 2.50. The molecule has 1 rings (SSSR count). The highest BCUT2D eigenvalue weighted by Crippen LogP contribution is 2.37. The van der Waals surface area contributed by atoms with Crippen LogP contribution in [0.4, 0.5) is 26.3 Å². The van der Waals surface area contributed by atoms with Crippen LogP contribution in [-0.2, 0) is 32.1 Å². The van der Waals surface area contributed by atoms with Gasteiger partial charge in [-0.15, -0.1) is 0 Å². The van der Waals surface area contributed by atoms with Gasteiger partial charge in [-0.05, 0) is 78.1 Å². The zero-order chi connectivity index (χ0) is 23.3. The monoisotopic (exact) mass is 460 g/mol. The van der Waals surface area contributed by atoms with E-state index in [1.807, 2.05) is 41.5 Å². The molecule has 0 saturated heterocycles. The highest BCUT2D eigenvalue weighted by molar-refractivity contribution is 6.60. The van der Waals surface area contributed by atoms with Crippen LogP contribution in [0.25, 0.3) is 0 Å². The summed E-state index contributed by atoms with van der Waals surface area (Å²) in [6.07, 6.45) is -10.1. The Morgan fingerprint density at radius 2 is 1.07 bits per heavy atom. The number of hydrogen-bond donors (Lipinski definition) is 0. The highest BCUT2D eigenvalue weighted by atomic mass is 28.4. The van der Waals surface area contributed by atoms with Gasteiger partial charge in [-0.2, -0.15) is 26.3 Å². The van der Waals surface area contributed by atoms with Gasteiger partial charge in [-0.1, -0.05) is 0 Å². The minimum atomic E-state index is -4.86. The van der Waals surface area contributed by atoms with Crippen LogP contribution in [0.15, 0.2) is 18.2 Å². The summed E-state index contributed by atoms with van der Waals surface area (Å²) in [6.45, 7) is 10.9. The van der Waals surface area contributed by atoms with E-state index >= 15 is 0 Å². The van der Waals surface area contributed by atoms with Crippen molar-refractivity contribution in [2.24, 2.45) is 0 Å². The Kier molecular flexibility index (Phi) is 9.40. The molecule has 0 bridgehead atoms. The van der Waals surface area contributed by atoms with Crippen molar-refractivity contribution < 1.29 is 39.6 Å². The molecule has 0 radical (unpaired) electrons. The molecule has 0 amide bonds. The first-order valence-corrected chi connectivity index (χ1v) is 11.8. The lowest BCUT2D eigenvalue weighted by Gasteiger charge is -2.34. The van der Waals surface area contributed by atoms with Crippen LogP contribution >= 0.6 is 0 Å². The Morgan fingerprint density at radius 3 is 1.37 bits per heavy atom. The van der Waals surface area contributed by atoms with Crippen LogP contribution in [0, 0.1) is 0 Å². The van der Waals surface area contributed by atoms with Gasteiger partial charge < -0.3 is 13.3 Å². The van der Waals surface area contributed by atoms with Crippen LogP contribution in [0.3, 0.4) is 0 Å². The van der Waals surface area contributed by atoms with E-state index in [0.29, 0.717) is 0 Å². The van der Waals surface area contributed by atoms with Crippen LogP contribution in [0.1, 0.15) is 64.7 Å². The number of rotatable bonds is 10. The van der Waals surface area contributed by atoms with E-state index in [-0.39, 0.29) is 48.8 Å². The first-order chi connectivity index (χ1) is 13.5. The SMILES string of the molecule is CC(C)O[Si](CCCc1cc(C(F)(F)F)cc(C(F)(F)F)c1)(OC(C)C)OC(C)C. The molecule has 0 saturated carbocycles. The summed E-state index contributed by atoms with van der Waals surface area (Å²) in [7, 11) is -3.18. The minimum absolute atomic E-state index is 0.00607. The molecule has 0 heterocycles. The molecule has 1 aromatic carbocycles. The topological polar surface area (TPSA) is 27.7 Å². The molecule has 174 valence electrons. The van der Waals surface area contributed by atoms with Gasteiger partial charge in [0.05, 0.1) is 11.1 Å². The summed E-state index contributed by atoms with van der Waals surface area (Å²) < 4.78 is 96.3. The van der Waals surface area contributed by atoms with Gasteiger partial charge in [0.25, 0.3) is 0 Å². The highest BCUT2D eigenvalue weighted by Gasteiger charge is 2.44. The Labute approximate surface area is 175 Å². The van der Waals surface area contributed by atoms with Crippen molar-refractivity contribution in [3.05, 3.63) is 34.9 Å². The van der Waals surface area contributed by atoms with E-state index in [4.69, 9.17) is 13.3 Å². The van der Waals surface area contributed by atoms with E-state index < -0.39 is 32.3 Å². The van der Waals surface area contributed by atoms with Crippen LogP contribution in [-0.4, -0.2) is 27.1 Å². The number of aryl methyl sites for hydroxylation is 1. The summed E-state index contributed by atoms with van der Waals surface area (Å²) in [5, 5.41) is 0. The molecule has 0 aliphatic rings. The predicted octanol–water partition coefficient (Wildman–Crippen LogP) is 6.87. The molecule has 30 heavy (non-hydrogen) atoms. The standard InChI is InChI=1S/C20H30F6O3Si/c1-13(2)27-30(28-14(3)4,29-15(5)6)9-7-8-16-10-17(19(21,22)23)12-18(11-16)20(24,25)26/h10-15H,7-9H2,1-6H3. The van der Waals surface area contributed by atoms with Gasteiger partial charge >= 0.3 is 21.2 Å². The number of benzene rings is 1.